The fourth-order valence-electron chi connectivity index (χ4n) is 2.20. The van der Waals surface area contributed by atoms with E-state index in [1.807, 2.05) is 13.8 Å². The highest BCUT2D eigenvalue weighted by atomic mass is 127. The molecule has 0 saturated carbocycles. The summed E-state index contributed by atoms with van der Waals surface area (Å²) in [6.07, 6.45) is 2.76. The van der Waals surface area contributed by atoms with Gasteiger partial charge < -0.3 is 19.9 Å². The Kier molecular flexibility index (Phi) is 12.3. The highest BCUT2D eigenvalue weighted by Crippen LogP contribution is 2.15. The molecular formula is C16H29IN4O3. The third-order valence-corrected chi connectivity index (χ3v) is 3.42. The van der Waals surface area contributed by atoms with E-state index in [-0.39, 0.29) is 29.9 Å². The van der Waals surface area contributed by atoms with Gasteiger partial charge in [-0.15, -0.1) is 24.0 Å². The molecule has 1 rings (SSSR count). The van der Waals surface area contributed by atoms with Gasteiger partial charge in [0.15, 0.2) is 5.96 Å². The Labute approximate surface area is 161 Å². The molecule has 1 aromatic rings. The molecule has 0 aliphatic rings. The number of hydrogen-bond acceptors (Lipinski definition) is 5. The second-order valence-corrected chi connectivity index (χ2v) is 5.00. The third kappa shape index (κ3) is 7.50. The summed E-state index contributed by atoms with van der Waals surface area (Å²) in [7, 11) is 1.72. The number of aliphatic imine (C=N–C) groups is 1. The first-order valence-electron chi connectivity index (χ1n) is 8.22. The molecule has 0 radical (unpaired) electrons. The van der Waals surface area contributed by atoms with Crippen LogP contribution in [0.4, 0.5) is 0 Å². The Morgan fingerprint density at radius 2 is 2.00 bits per heavy atom. The Hall–Kier alpha value is -1.32. The van der Waals surface area contributed by atoms with Gasteiger partial charge in [-0.1, -0.05) is 19.0 Å². The maximum atomic E-state index is 11.3. The number of nitrogens with one attached hydrogen (secondary N) is 2. The van der Waals surface area contributed by atoms with Gasteiger partial charge in [0.05, 0.1) is 12.3 Å². The number of aryl methyl sites for hydroxylation is 2. The van der Waals surface area contributed by atoms with Crippen molar-refractivity contribution in [2.75, 3.05) is 20.2 Å². The monoisotopic (exact) mass is 452 g/mol. The molecule has 0 atom stereocenters. The van der Waals surface area contributed by atoms with Crippen molar-refractivity contribution >= 4 is 35.9 Å². The van der Waals surface area contributed by atoms with E-state index in [9.17, 15) is 4.79 Å². The van der Waals surface area contributed by atoms with Gasteiger partial charge in [0.1, 0.15) is 5.76 Å². The van der Waals surface area contributed by atoms with E-state index in [4.69, 9.17) is 9.26 Å². The largest absolute Gasteiger partial charge is 0.466 e. The molecule has 0 fully saturated rings. The maximum absolute atomic E-state index is 11.3. The van der Waals surface area contributed by atoms with Crippen LogP contribution in [0, 0.1) is 0 Å². The predicted octanol–water partition coefficient (Wildman–Crippen LogP) is 2.43. The first-order valence-corrected chi connectivity index (χ1v) is 8.22. The number of hydrogen-bond donors (Lipinski definition) is 2. The zero-order valence-corrected chi connectivity index (χ0v) is 17.3. The van der Waals surface area contributed by atoms with Crippen molar-refractivity contribution in [3.63, 3.8) is 0 Å². The molecule has 0 spiro atoms. The number of carbonyl (C=O) groups excluding carboxylic acids is 1. The molecule has 0 saturated heterocycles. The SMILES string of the molecule is CCOC(=O)CCCNC(=NC)NCc1c(CC)noc1CC.I. The molecule has 0 aliphatic heterocycles. The maximum Gasteiger partial charge on any atom is 0.305 e. The van der Waals surface area contributed by atoms with E-state index in [0.29, 0.717) is 38.5 Å². The Bertz CT molecular complexity index is 496. The average Bonchev–Trinajstić information content (AvgIpc) is 2.96. The van der Waals surface area contributed by atoms with Crippen LogP contribution >= 0.6 is 24.0 Å². The van der Waals surface area contributed by atoms with Crippen LogP contribution in [0.2, 0.25) is 0 Å². The topological polar surface area (TPSA) is 88.8 Å². The summed E-state index contributed by atoms with van der Waals surface area (Å²) in [6, 6.07) is 0. The molecular weight excluding hydrogens is 423 g/mol. The Morgan fingerprint density at radius 3 is 2.58 bits per heavy atom. The summed E-state index contributed by atoms with van der Waals surface area (Å²) in [5, 5.41) is 10.5. The summed E-state index contributed by atoms with van der Waals surface area (Å²) >= 11 is 0. The van der Waals surface area contributed by atoms with E-state index in [0.717, 1.165) is 29.9 Å². The standard InChI is InChI=1S/C16H28N4O3.HI/c1-5-13-12(14(6-2)23-20-13)11-19-16(17-4)18-10-8-9-15(21)22-7-3;/h5-11H2,1-4H3,(H2,17,18,19);1H. The first kappa shape index (κ1) is 22.7. The molecule has 0 aromatic carbocycles. The fourth-order valence-corrected chi connectivity index (χ4v) is 2.20. The number of rotatable bonds is 9. The van der Waals surface area contributed by atoms with E-state index in [1.54, 1.807) is 7.05 Å². The van der Waals surface area contributed by atoms with Crippen molar-refractivity contribution in [2.45, 2.75) is 53.0 Å². The van der Waals surface area contributed by atoms with Crippen LogP contribution in [-0.2, 0) is 28.9 Å². The van der Waals surface area contributed by atoms with Gasteiger partial charge in [0, 0.05) is 38.5 Å². The lowest BCUT2D eigenvalue weighted by atomic mass is 10.1. The highest BCUT2D eigenvalue weighted by molar-refractivity contribution is 14.0. The van der Waals surface area contributed by atoms with Crippen molar-refractivity contribution in [1.82, 2.24) is 15.8 Å². The lowest BCUT2D eigenvalue weighted by Crippen LogP contribution is -2.37. The van der Waals surface area contributed by atoms with Gasteiger partial charge in [0.25, 0.3) is 0 Å². The number of guanidine groups is 1. The second kappa shape index (κ2) is 13.0. The highest BCUT2D eigenvalue weighted by Gasteiger charge is 2.13. The lowest BCUT2D eigenvalue weighted by molar-refractivity contribution is -0.143. The Morgan fingerprint density at radius 1 is 1.25 bits per heavy atom. The van der Waals surface area contributed by atoms with Crippen LogP contribution in [0.15, 0.2) is 9.52 Å². The zero-order chi connectivity index (χ0) is 17.1. The minimum atomic E-state index is -0.165. The molecule has 1 aromatic heterocycles. The number of carbonyl (C=O) groups is 1. The van der Waals surface area contributed by atoms with Crippen molar-refractivity contribution < 1.29 is 14.1 Å². The molecule has 0 bridgehead atoms. The van der Waals surface area contributed by atoms with Crippen LogP contribution in [0.25, 0.3) is 0 Å². The summed E-state index contributed by atoms with van der Waals surface area (Å²) < 4.78 is 10.2. The third-order valence-electron chi connectivity index (χ3n) is 3.42. The minimum Gasteiger partial charge on any atom is -0.466 e. The van der Waals surface area contributed by atoms with Gasteiger partial charge in [0.2, 0.25) is 0 Å². The van der Waals surface area contributed by atoms with Gasteiger partial charge >= 0.3 is 5.97 Å². The predicted molar refractivity (Wildman–Crippen MR) is 105 cm³/mol. The first-order chi connectivity index (χ1) is 11.2. The second-order valence-electron chi connectivity index (χ2n) is 5.00. The lowest BCUT2D eigenvalue weighted by Gasteiger charge is -2.12. The molecule has 0 unspecified atom stereocenters. The van der Waals surface area contributed by atoms with Crippen LogP contribution in [-0.4, -0.2) is 37.3 Å². The van der Waals surface area contributed by atoms with Crippen LogP contribution in [0.5, 0.6) is 0 Å². The smallest absolute Gasteiger partial charge is 0.305 e. The van der Waals surface area contributed by atoms with Crippen molar-refractivity contribution in [2.24, 2.45) is 4.99 Å². The molecule has 7 nitrogen and oxygen atoms in total. The number of ether oxygens (including phenoxy) is 1. The van der Waals surface area contributed by atoms with E-state index < -0.39 is 0 Å². The number of halogens is 1. The Balaban J connectivity index is 0.00000529. The molecule has 0 amide bonds. The van der Waals surface area contributed by atoms with Crippen LogP contribution in [0.1, 0.15) is 50.6 Å². The molecule has 138 valence electrons. The summed E-state index contributed by atoms with van der Waals surface area (Å²) in [5.74, 6) is 1.44. The number of esters is 1. The fraction of sp³-hybridized carbons (Fsp3) is 0.688. The zero-order valence-electron chi connectivity index (χ0n) is 15.0. The van der Waals surface area contributed by atoms with E-state index in [1.165, 1.54) is 0 Å². The quantitative estimate of drug-likeness (QED) is 0.197. The number of nitrogens with zero attached hydrogens (tertiary/aromatic N) is 2. The summed E-state index contributed by atoms with van der Waals surface area (Å²) in [5.41, 5.74) is 2.08. The van der Waals surface area contributed by atoms with Gasteiger partial charge in [-0.25, -0.2) is 0 Å². The minimum absolute atomic E-state index is 0. The molecule has 1 heterocycles. The molecule has 24 heavy (non-hydrogen) atoms. The molecule has 2 N–H and O–H groups in total. The van der Waals surface area contributed by atoms with Crippen molar-refractivity contribution in [3.05, 3.63) is 17.0 Å². The van der Waals surface area contributed by atoms with Crippen molar-refractivity contribution in [3.8, 4) is 0 Å². The van der Waals surface area contributed by atoms with Crippen LogP contribution < -0.4 is 10.6 Å². The van der Waals surface area contributed by atoms with E-state index >= 15 is 0 Å². The van der Waals surface area contributed by atoms with E-state index in [2.05, 4.69) is 27.7 Å². The van der Waals surface area contributed by atoms with Crippen molar-refractivity contribution in [1.29, 1.82) is 0 Å². The van der Waals surface area contributed by atoms with Crippen LogP contribution in [0.3, 0.4) is 0 Å². The molecule has 0 aliphatic carbocycles. The van der Waals surface area contributed by atoms with Gasteiger partial charge in [-0.3, -0.25) is 9.79 Å². The summed E-state index contributed by atoms with van der Waals surface area (Å²) in [6.45, 7) is 7.61. The number of aromatic nitrogens is 1. The average molecular weight is 452 g/mol. The van der Waals surface area contributed by atoms with Gasteiger partial charge in [-0.2, -0.15) is 0 Å². The molecule has 8 heteroatoms. The van der Waals surface area contributed by atoms with Gasteiger partial charge in [-0.05, 0) is 19.8 Å². The normalized spacial score (nSPS) is 10.9. The summed E-state index contributed by atoms with van der Waals surface area (Å²) in [4.78, 5) is 15.4.